The SMILES string of the molecule is CC(=O)c1ncc(-c2cc(C)c3c(c2)c(C(C)=O)nn3CC(=O)O)cn1. The van der Waals surface area contributed by atoms with Crippen molar-refractivity contribution in [2.24, 2.45) is 0 Å². The first-order valence-corrected chi connectivity index (χ1v) is 7.85. The Morgan fingerprint density at radius 3 is 2.23 bits per heavy atom. The Hall–Kier alpha value is -3.42. The number of carboxylic acids is 1. The highest BCUT2D eigenvalue weighted by Crippen LogP contribution is 2.29. The van der Waals surface area contributed by atoms with E-state index in [9.17, 15) is 14.4 Å². The highest BCUT2D eigenvalue weighted by molar-refractivity contribution is 6.06. The zero-order valence-corrected chi connectivity index (χ0v) is 14.5. The number of ketones is 2. The standard InChI is InChI=1S/C18H16N4O4/c1-9-4-12(13-6-19-18(11(3)24)20-7-13)5-14-16(10(2)23)21-22(17(9)14)8-15(25)26/h4-7H,8H2,1-3H3,(H,25,26). The van der Waals surface area contributed by atoms with Crippen molar-refractivity contribution >= 4 is 28.4 Å². The molecular weight excluding hydrogens is 336 g/mol. The molecule has 0 radical (unpaired) electrons. The topological polar surface area (TPSA) is 115 Å². The van der Waals surface area contributed by atoms with Crippen molar-refractivity contribution in [2.45, 2.75) is 27.3 Å². The number of hydrogen-bond donors (Lipinski definition) is 1. The number of carboxylic acid groups (broad SMARTS) is 1. The molecule has 8 heteroatoms. The van der Waals surface area contributed by atoms with E-state index in [0.29, 0.717) is 16.5 Å². The third kappa shape index (κ3) is 3.08. The van der Waals surface area contributed by atoms with Gasteiger partial charge in [-0.05, 0) is 30.2 Å². The van der Waals surface area contributed by atoms with Gasteiger partial charge in [0.1, 0.15) is 12.2 Å². The van der Waals surface area contributed by atoms with Crippen LogP contribution in [0.2, 0.25) is 0 Å². The minimum atomic E-state index is -1.04. The first-order valence-electron chi connectivity index (χ1n) is 7.85. The van der Waals surface area contributed by atoms with E-state index in [1.807, 2.05) is 13.0 Å². The number of aromatic nitrogens is 4. The van der Waals surface area contributed by atoms with Crippen molar-refractivity contribution in [3.63, 3.8) is 0 Å². The molecule has 0 aliphatic carbocycles. The average molecular weight is 352 g/mol. The van der Waals surface area contributed by atoms with E-state index in [4.69, 9.17) is 5.11 Å². The Kier molecular flexibility index (Phi) is 4.33. The summed E-state index contributed by atoms with van der Waals surface area (Å²) in [6.45, 7) is 4.27. The summed E-state index contributed by atoms with van der Waals surface area (Å²) in [5.74, 6) is -1.39. The van der Waals surface area contributed by atoms with Crippen molar-refractivity contribution in [1.29, 1.82) is 0 Å². The van der Waals surface area contributed by atoms with E-state index in [-0.39, 0.29) is 29.6 Å². The number of nitrogens with zero attached hydrogens (tertiary/aromatic N) is 4. The van der Waals surface area contributed by atoms with E-state index in [2.05, 4.69) is 15.1 Å². The summed E-state index contributed by atoms with van der Waals surface area (Å²) < 4.78 is 1.32. The van der Waals surface area contributed by atoms with Crippen LogP contribution in [0.3, 0.4) is 0 Å². The van der Waals surface area contributed by atoms with Gasteiger partial charge in [-0.3, -0.25) is 19.1 Å². The van der Waals surface area contributed by atoms with Gasteiger partial charge in [0.15, 0.2) is 17.4 Å². The number of fused-ring (bicyclic) bond motifs is 1. The molecule has 0 saturated heterocycles. The van der Waals surface area contributed by atoms with E-state index in [1.54, 1.807) is 18.5 Å². The summed E-state index contributed by atoms with van der Waals surface area (Å²) in [5, 5.41) is 13.8. The van der Waals surface area contributed by atoms with Gasteiger partial charge in [0, 0.05) is 37.2 Å². The highest BCUT2D eigenvalue weighted by atomic mass is 16.4. The maximum atomic E-state index is 12.0. The Balaban J connectivity index is 2.20. The van der Waals surface area contributed by atoms with Crippen LogP contribution in [0.1, 0.15) is 40.5 Å². The molecular formula is C18H16N4O4. The minimum absolute atomic E-state index is 0.130. The van der Waals surface area contributed by atoms with Crippen molar-refractivity contribution in [3.8, 4) is 11.1 Å². The highest BCUT2D eigenvalue weighted by Gasteiger charge is 2.19. The number of Topliss-reactive ketones (excluding diaryl/α,β-unsaturated/α-hetero) is 2. The predicted octanol–water partition coefficient (Wildman–Crippen LogP) is 2.29. The smallest absolute Gasteiger partial charge is 0.325 e. The molecule has 0 amide bonds. The summed E-state index contributed by atoms with van der Waals surface area (Å²) in [6.07, 6.45) is 3.08. The maximum absolute atomic E-state index is 12.0. The number of hydrogen-bond acceptors (Lipinski definition) is 6. The summed E-state index contributed by atoms with van der Waals surface area (Å²) >= 11 is 0. The zero-order chi connectivity index (χ0) is 19.0. The van der Waals surface area contributed by atoms with Crippen LogP contribution >= 0.6 is 0 Å². The lowest BCUT2D eigenvalue weighted by Gasteiger charge is -2.07. The van der Waals surface area contributed by atoms with Crippen molar-refractivity contribution in [3.05, 3.63) is 41.6 Å². The van der Waals surface area contributed by atoms with Gasteiger partial charge in [-0.2, -0.15) is 5.10 Å². The van der Waals surface area contributed by atoms with Gasteiger partial charge in [-0.15, -0.1) is 0 Å². The number of aryl methyl sites for hydroxylation is 1. The first kappa shape index (κ1) is 17.4. The molecule has 1 N–H and O–H groups in total. The van der Waals surface area contributed by atoms with Crippen LogP contribution in [0.5, 0.6) is 0 Å². The Morgan fingerprint density at radius 1 is 1.04 bits per heavy atom. The van der Waals surface area contributed by atoms with E-state index in [0.717, 1.165) is 11.1 Å². The largest absolute Gasteiger partial charge is 0.480 e. The maximum Gasteiger partial charge on any atom is 0.325 e. The molecule has 8 nitrogen and oxygen atoms in total. The van der Waals surface area contributed by atoms with Crippen LogP contribution in [-0.4, -0.2) is 42.4 Å². The van der Waals surface area contributed by atoms with Crippen LogP contribution in [0.15, 0.2) is 24.5 Å². The van der Waals surface area contributed by atoms with Gasteiger partial charge >= 0.3 is 5.97 Å². The van der Waals surface area contributed by atoms with Gasteiger partial charge in [0.2, 0.25) is 0 Å². The number of aliphatic carboxylic acids is 1. The average Bonchev–Trinajstić information content (AvgIpc) is 2.93. The Bertz CT molecular complexity index is 1050. The number of rotatable bonds is 5. The molecule has 2 aromatic heterocycles. The predicted molar refractivity (Wildman–Crippen MR) is 93.1 cm³/mol. The lowest BCUT2D eigenvalue weighted by Crippen LogP contribution is -2.11. The second-order valence-corrected chi connectivity index (χ2v) is 6.00. The molecule has 132 valence electrons. The summed E-state index contributed by atoms with van der Waals surface area (Å²) in [5.41, 5.74) is 3.02. The first-order chi connectivity index (χ1) is 12.3. The Labute approximate surface area is 148 Å². The van der Waals surface area contributed by atoms with Crippen LogP contribution in [0.4, 0.5) is 0 Å². The second kappa shape index (κ2) is 6.47. The molecule has 0 aliphatic heterocycles. The van der Waals surface area contributed by atoms with Gasteiger partial charge in [-0.1, -0.05) is 0 Å². The molecule has 0 unspecified atom stereocenters. The van der Waals surface area contributed by atoms with Gasteiger partial charge in [0.05, 0.1) is 5.52 Å². The number of carbonyl (C=O) groups is 3. The molecule has 0 saturated carbocycles. The Morgan fingerprint density at radius 2 is 1.69 bits per heavy atom. The zero-order valence-electron chi connectivity index (χ0n) is 14.5. The molecule has 3 rings (SSSR count). The lowest BCUT2D eigenvalue weighted by molar-refractivity contribution is -0.137. The molecule has 0 aliphatic rings. The fraction of sp³-hybridized carbons (Fsp3) is 0.222. The molecule has 0 bridgehead atoms. The minimum Gasteiger partial charge on any atom is -0.480 e. The van der Waals surface area contributed by atoms with Crippen molar-refractivity contribution < 1.29 is 19.5 Å². The molecule has 0 fully saturated rings. The monoisotopic (exact) mass is 352 g/mol. The van der Waals surface area contributed by atoms with E-state index < -0.39 is 5.97 Å². The number of benzene rings is 1. The van der Waals surface area contributed by atoms with Crippen LogP contribution in [-0.2, 0) is 11.3 Å². The van der Waals surface area contributed by atoms with Gasteiger partial charge < -0.3 is 5.11 Å². The lowest BCUT2D eigenvalue weighted by atomic mass is 10.0. The summed E-state index contributed by atoms with van der Waals surface area (Å²) in [6, 6.07) is 3.61. The fourth-order valence-corrected chi connectivity index (χ4v) is 2.86. The molecule has 0 spiro atoms. The molecule has 0 atom stereocenters. The number of carbonyl (C=O) groups excluding carboxylic acids is 2. The second-order valence-electron chi connectivity index (χ2n) is 6.00. The normalized spacial score (nSPS) is 10.9. The molecule has 3 aromatic rings. The fourth-order valence-electron chi connectivity index (χ4n) is 2.86. The van der Waals surface area contributed by atoms with E-state index in [1.165, 1.54) is 18.5 Å². The van der Waals surface area contributed by atoms with Crippen molar-refractivity contribution in [2.75, 3.05) is 0 Å². The third-order valence-corrected chi connectivity index (χ3v) is 3.95. The summed E-state index contributed by atoms with van der Waals surface area (Å²) in [4.78, 5) is 42.4. The molecule has 1 aromatic carbocycles. The quantitative estimate of drug-likeness (QED) is 0.700. The van der Waals surface area contributed by atoms with Gasteiger partial charge in [-0.25, -0.2) is 9.97 Å². The summed E-state index contributed by atoms with van der Waals surface area (Å²) in [7, 11) is 0. The molecule has 2 heterocycles. The molecule has 26 heavy (non-hydrogen) atoms. The van der Waals surface area contributed by atoms with Crippen LogP contribution < -0.4 is 0 Å². The van der Waals surface area contributed by atoms with Crippen LogP contribution in [0, 0.1) is 6.92 Å². The third-order valence-electron chi connectivity index (χ3n) is 3.95. The van der Waals surface area contributed by atoms with E-state index >= 15 is 0 Å². The van der Waals surface area contributed by atoms with Crippen LogP contribution in [0.25, 0.3) is 22.0 Å². The van der Waals surface area contributed by atoms with Gasteiger partial charge in [0.25, 0.3) is 0 Å². The van der Waals surface area contributed by atoms with Crippen molar-refractivity contribution in [1.82, 2.24) is 19.7 Å².